The molecular formula is C50H33NO2. The van der Waals surface area contributed by atoms with Crippen molar-refractivity contribution in [3.8, 4) is 22.3 Å². The van der Waals surface area contributed by atoms with Crippen molar-refractivity contribution in [2.24, 2.45) is 0 Å². The number of hydrogen-bond donors (Lipinski definition) is 0. The lowest BCUT2D eigenvalue weighted by atomic mass is 9.97. The summed E-state index contributed by atoms with van der Waals surface area (Å²) in [6.07, 6.45) is 3.96. The second-order valence-corrected chi connectivity index (χ2v) is 13.4. The van der Waals surface area contributed by atoms with Crippen LogP contribution in [0.5, 0.6) is 0 Å². The first-order valence-corrected chi connectivity index (χ1v) is 17.9. The molecule has 0 amide bonds. The molecule has 0 fully saturated rings. The highest BCUT2D eigenvalue weighted by Gasteiger charge is 2.21. The van der Waals surface area contributed by atoms with E-state index in [0.717, 1.165) is 77.8 Å². The first-order chi connectivity index (χ1) is 26.2. The van der Waals surface area contributed by atoms with Crippen LogP contribution < -0.4 is 4.90 Å². The second-order valence-electron chi connectivity index (χ2n) is 13.4. The van der Waals surface area contributed by atoms with Gasteiger partial charge in [0.15, 0.2) is 0 Å². The lowest BCUT2D eigenvalue weighted by molar-refractivity contribution is 0.604. The fourth-order valence-corrected chi connectivity index (χ4v) is 7.72. The molecule has 10 rings (SSSR count). The number of anilines is 2. The van der Waals surface area contributed by atoms with E-state index in [-0.39, 0.29) is 0 Å². The largest absolute Gasteiger partial charge is 0.457 e. The van der Waals surface area contributed by atoms with Crippen molar-refractivity contribution in [3.05, 3.63) is 200 Å². The van der Waals surface area contributed by atoms with Crippen molar-refractivity contribution < 1.29 is 8.83 Å². The zero-order chi connectivity index (χ0) is 35.3. The minimum absolute atomic E-state index is 0.752. The molecule has 53 heavy (non-hydrogen) atoms. The summed E-state index contributed by atoms with van der Waals surface area (Å²) in [6.45, 7) is 4.32. The van der Waals surface area contributed by atoms with Gasteiger partial charge >= 0.3 is 0 Å². The average molecular weight is 680 g/mol. The molecule has 10 aromatic rings. The summed E-state index contributed by atoms with van der Waals surface area (Å²) < 4.78 is 13.0. The standard InChI is InChI=1S/C50H33NO2/c1-2-38(32-40-29-37-16-6-10-24-48(37)52-40)51(39-27-25-34(26-28-39)42-20-11-17-33-13-5-7-18-41(33)42)47-23-9-8-19-43(47)44-21-12-22-45-46-30-35-14-3-4-15-36(35)31-49(46)53-50(44)45/h2-32H,1H2/b38-32+. The third-order valence-corrected chi connectivity index (χ3v) is 10.2. The highest BCUT2D eigenvalue weighted by molar-refractivity contribution is 6.14. The average Bonchev–Trinajstić information content (AvgIpc) is 3.80. The van der Waals surface area contributed by atoms with Gasteiger partial charge in [-0.15, -0.1) is 0 Å². The van der Waals surface area contributed by atoms with E-state index < -0.39 is 0 Å². The summed E-state index contributed by atoms with van der Waals surface area (Å²) in [6, 6.07) is 61.8. The Hall–Kier alpha value is -7.10. The lowest BCUT2D eigenvalue weighted by Gasteiger charge is -2.28. The van der Waals surface area contributed by atoms with Crippen LogP contribution >= 0.6 is 0 Å². The molecule has 0 radical (unpaired) electrons. The number of rotatable bonds is 7. The fourth-order valence-electron chi connectivity index (χ4n) is 7.72. The maximum Gasteiger partial charge on any atom is 0.143 e. The molecule has 3 heteroatoms. The van der Waals surface area contributed by atoms with E-state index >= 15 is 0 Å². The van der Waals surface area contributed by atoms with Crippen LogP contribution in [0.2, 0.25) is 0 Å². The van der Waals surface area contributed by atoms with Crippen molar-refractivity contribution in [3.63, 3.8) is 0 Å². The van der Waals surface area contributed by atoms with E-state index in [2.05, 4.69) is 175 Å². The van der Waals surface area contributed by atoms with Crippen LogP contribution in [-0.4, -0.2) is 0 Å². The zero-order valence-electron chi connectivity index (χ0n) is 28.9. The fraction of sp³-hybridized carbons (Fsp3) is 0. The normalized spacial score (nSPS) is 12.0. The van der Waals surface area contributed by atoms with Crippen molar-refractivity contribution >= 4 is 71.9 Å². The van der Waals surface area contributed by atoms with Gasteiger partial charge in [0.2, 0.25) is 0 Å². The predicted molar refractivity (Wildman–Crippen MR) is 223 cm³/mol. The highest BCUT2D eigenvalue weighted by Crippen LogP contribution is 2.44. The van der Waals surface area contributed by atoms with E-state index in [1.165, 1.54) is 21.7 Å². The molecule has 3 nitrogen and oxygen atoms in total. The molecule has 0 unspecified atom stereocenters. The van der Waals surface area contributed by atoms with Crippen LogP contribution in [0.4, 0.5) is 11.4 Å². The molecule has 0 atom stereocenters. The molecular weight excluding hydrogens is 647 g/mol. The van der Waals surface area contributed by atoms with Crippen molar-refractivity contribution in [2.45, 2.75) is 0 Å². The van der Waals surface area contributed by atoms with Crippen molar-refractivity contribution in [1.29, 1.82) is 0 Å². The number of nitrogens with zero attached hydrogens (tertiary/aromatic N) is 1. The molecule has 0 aliphatic heterocycles. The molecule has 0 saturated carbocycles. The Morgan fingerprint density at radius 2 is 1.11 bits per heavy atom. The number of hydrogen-bond acceptors (Lipinski definition) is 3. The second kappa shape index (κ2) is 12.6. The summed E-state index contributed by atoms with van der Waals surface area (Å²) in [4.78, 5) is 2.26. The van der Waals surface area contributed by atoms with E-state index in [1.807, 2.05) is 24.3 Å². The molecule has 0 aliphatic carbocycles. The predicted octanol–water partition coefficient (Wildman–Crippen LogP) is 14.3. The Bertz CT molecular complexity index is 2990. The van der Waals surface area contributed by atoms with Gasteiger partial charge in [-0.3, -0.25) is 0 Å². The Balaban J connectivity index is 1.17. The van der Waals surface area contributed by atoms with Crippen LogP contribution in [0, 0.1) is 0 Å². The SMILES string of the molecule is C=C/C(=C\c1cc2ccccc2o1)N(c1ccc(-c2cccc3ccccc23)cc1)c1ccccc1-c1cccc2c1oc1cc3ccccc3cc12. The molecule has 0 N–H and O–H groups in total. The first-order valence-electron chi connectivity index (χ1n) is 17.9. The van der Waals surface area contributed by atoms with E-state index in [1.54, 1.807) is 0 Å². The third kappa shape index (κ3) is 5.30. The molecule has 0 aliphatic rings. The van der Waals surface area contributed by atoms with Gasteiger partial charge in [-0.2, -0.15) is 0 Å². The Morgan fingerprint density at radius 1 is 0.472 bits per heavy atom. The maximum atomic E-state index is 6.73. The van der Waals surface area contributed by atoms with Gasteiger partial charge in [0.25, 0.3) is 0 Å². The summed E-state index contributed by atoms with van der Waals surface area (Å²) in [7, 11) is 0. The van der Waals surface area contributed by atoms with Gasteiger partial charge in [-0.05, 0) is 81.2 Å². The van der Waals surface area contributed by atoms with Crippen LogP contribution in [0.1, 0.15) is 5.76 Å². The Labute approximate surface area is 306 Å². The van der Waals surface area contributed by atoms with E-state index in [0.29, 0.717) is 0 Å². The third-order valence-electron chi connectivity index (χ3n) is 10.2. The molecule has 2 heterocycles. The molecule has 250 valence electrons. The van der Waals surface area contributed by atoms with Gasteiger partial charge in [-0.25, -0.2) is 0 Å². The van der Waals surface area contributed by atoms with Crippen molar-refractivity contribution in [1.82, 2.24) is 0 Å². The Kier molecular flexibility index (Phi) is 7.29. The van der Waals surface area contributed by atoms with Gasteiger partial charge in [0, 0.05) is 44.7 Å². The van der Waals surface area contributed by atoms with Gasteiger partial charge in [-0.1, -0.05) is 140 Å². The zero-order valence-corrected chi connectivity index (χ0v) is 28.9. The lowest BCUT2D eigenvalue weighted by Crippen LogP contribution is -2.16. The molecule has 8 aromatic carbocycles. The quantitative estimate of drug-likeness (QED) is 0.157. The van der Waals surface area contributed by atoms with Crippen LogP contribution in [0.3, 0.4) is 0 Å². The number of furan rings is 2. The maximum absolute atomic E-state index is 6.73. The van der Waals surface area contributed by atoms with Crippen molar-refractivity contribution in [2.75, 3.05) is 4.90 Å². The summed E-state index contributed by atoms with van der Waals surface area (Å²) in [5, 5.41) is 8.05. The number of fused-ring (bicyclic) bond motifs is 6. The monoisotopic (exact) mass is 679 g/mol. The first kappa shape index (κ1) is 30.7. The molecule has 0 bridgehead atoms. The number of para-hydroxylation sites is 3. The highest BCUT2D eigenvalue weighted by atomic mass is 16.3. The topological polar surface area (TPSA) is 29.5 Å². The summed E-state index contributed by atoms with van der Waals surface area (Å²) in [5.41, 5.74) is 9.85. The van der Waals surface area contributed by atoms with Crippen LogP contribution in [0.15, 0.2) is 203 Å². The van der Waals surface area contributed by atoms with Crippen LogP contribution in [0.25, 0.3) is 82.8 Å². The minimum atomic E-state index is 0.752. The number of benzene rings is 8. The number of allylic oxidation sites excluding steroid dienone is 1. The summed E-state index contributed by atoms with van der Waals surface area (Å²) >= 11 is 0. The van der Waals surface area contributed by atoms with Gasteiger partial charge < -0.3 is 13.7 Å². The van der Waals surface area contributed by atoms with E-state index in [4.69, 9.17) is 8.83 Å². The molecule has 2 aromatic heterocycles. The minimum Gasteiger partial charge on any atom is -0.457 e. The van der Waals surface area contributed by atoms with Gasteiger partial charge in [0.1, 0.15) is 22.5 Å². The summed E-state index contributed by atoms with van der Waals surface area (Å²) in [5.74, 6) is 0.752. The Morgan fingerprint density at radius 3 is 1.94 bits per heavy atom. The van der Waals surface area contributed by atoms with Gasteiger partial charge in [0.05, 0.1) is 5.69 Å². The molecule has 0 spiro atoms. The van der Waals surface area contributed by atoms with E-state index in [9.17, 15) is 0 Å². The smallest absolute Gasteiger partial charge is 0.143 e. The molecule has 0 saturated heterocycles. The van der Waals surface area contributed by atoms with Crippen LogP contribution in [-0.2, 0) is 0 Å².